The summed E-state index contributed by atoms with van der Waals surface area (Å²) in [6, 6.07) is 3.62. The molecule has 0 unspecified atom stereocenters. The summed E-state index contributed by atoms with van der Waals surface area (Å²) < 4.78 is 5.19. The molecule has 0 bridgehead atoms. The molecule has 0 N–H and O–H groups in total. The lowest BCUT2D eigenvalue weighted by Gasteiger charge is -2.10. The Bertz CT molecular complexity index is 447. The Hall–Kier alpha value is -1.64. The van der Waals surface area contributed by atoms with E-state index in [-0.39, 0.29) is 18.0 Å². The molecule has 0 radical (unpaired) electrons. The van der Waals surface area contributed by atoms with E-state index in [1.54, 1.807) is 13.0 Å². The maximum absolute atomic E-state index is 12.0. The van der Waals surface area contributed by atoms with Gasteiger partial charge in [0.1, 0.15) is 11.5 Å². The number of hydrogen-bond donors (Lipinski definition) is 0. The molecule has 1 rings (SSSR count). The van der Waals surface area contributed by atoms with Crippen molar-refractivity contribution in [3.63, 3.8) is 0 Å². The molecule has 0 saturated heterocycles. The fraction of sp³-hybridized carbons (Fsp3) is 0.429. The molecule has 3 nitrogen and oxygen atoms in total. The molecular formula is C14H18O3. The minimum Gasteiger partial charge on any atom is -0.496 e. The van der Waals surface area contributed by atoms with Gasteiger partial charge in [0, 0.05) is 6.42 Å². The highest BCUT2D eigenvalue weighted by Crippen LogP contribution is 2.24. The van der Waals surface area contributed by atoms with Gasteiger partial charge in [-0.2, -0.15) is 0 Å². The minimum absolute atomic E-state index is 0.0460. The predicted molar refractivity (Wildman–Crippen MR) is 66.7 cm³/mol. The van der Waals surface area contributed by atoms with Crippen molar-refractivity contribution < 1.29 is 14.3 Å². The summed E-state index contributed by atoms with van der Waals surface area (Å²) in [5, 5.41) is 0. The third kappa shape index (κ3) is 3.16. The monoisotopic (exact) mass is 234 g/mol. The molecule has 0 fully saturated rings. The van der Waals surface area contributed by atoms with Gasteiger partial charge in [-0.3, -0.25) is 9.59 Å². The fourth-order valence-electron chi connectivity index (χ4n) is 1.58. The van der Waals surface area contributed by atoms with Crippen molar-refractivity contribution >= 4 is 11.6 Å². The molecule has 0 aliphatic rings. The van der Waals surface area contributed by atoms with Crippen molar-refractivity contribution in [2.75, 3.05) is 7.11 Å². The average molecular weight is 234 g/mol. The SMILES string of the molecule is CCC(=O)CC(=O)c1cc(C)c(C)cc1OC. The molecule has 1 aromatic rings. The zero-order chi connectivity index (χ0) is 13.0. The summed E-state index contributed by atoms with van der Waals surface area (Å²) in [6.07, 6.45) is 0.342. The molecular weight excluding hydrogens is 216 g/mol. The summed E-state index contributed by atoms with van der Waals surface area (Å²) in [4.78, 5) is 23.2. The van der Waals surface area contributed by atoms with Gasteiger partial charge in [-0.1, -0.05) is 6.92 Å². The maximum atomic E-state index is 12.0. The van der Waals surface area contributed by atoms with Gasteiger partial charge < -0.3 is 4.74 Å². The standard InChI is InChI=1S/C14H18O3/c1-5-11(15)8-13(16)12-6-9(2)10(3)7-14(12)17-4/h6-7H,5,8H2,1-4H3. The van der Waals surface area contributed by atoms with Crippen molar-refractivity contribution in [3.05, 3.63) is 28.8 Å². The van der Waals surface area contributed by atoms with Gasteiger partial charge in [-0.15, -0.1) is 0 Å². The third-order valence-corrected chi connectivity index (χ3v) is 2.87. The van der Waals surface area contributed by atoms with Gasteiger partial charge in [0.25, 0.3) is 0 Å². The smallest absolute Gasteiger partial charge is 0.173 e. The van der Waals surface area contributed by atoms with E-state index in [0.717, 1.165) is 11.1 Å². The maximum Gasteiger partial charge on any atom is 0.173 e. The summed E-state index contributed by atoms with van der Waals surface area (Å²) in [7, 11) is 1.53. The number of ether oxygens (including phenoxy) is 1. The van der Waals surface area contributed by atoms with Crippen LogP contribution in [0.5, 0.6) is 5.75 Å². The molecule has 0 aromatic heterocycles. The highest BCUT2D eigenvalue weighted by atomic mass is 16.5. The lowest BCUT2D eigenvalue weighted by Crippen LogP contribution is -2.09. The Morgan fingerprint density at radius 2 is 1.76 bits per heavy atom. The predicted octanol–water partition coefficient (Wildman–Crippen LogP) is 2.86. The van der Waals surface area contributed by atoms with Crippen LogP contribution in [0.25, 0.3) is 0 Å². The zero-order valence-electron chi connectivity index (χ0n) is 10.8. The van der Waals surface area contributed by atoms with E-state index in [0.29, 0.717) is 17.7 Å². The van der Waals surface area contributed by atoms with Crippen LogP contribution in [-0.4, -0.2) is 18.7 Å². The third-order valence-electron chi connectivity index (χ3n) is 2.87. The van der Waals surface area contributed by atoms with Crippen LogP contribution in [0.1, 0.15) is 41.3 Å². The van der Waals surface area contributed by atoms with E-state index in [2.05, 4.69) is 0 Å². The lowest BCUT2D eigenvalue weighted by molar-refractivity contribution is -0.117. The summed E-state index contributed by atoms with van der Waals surface area (Å²) in [5.41, 5.74) is 2.59. The molecule has 0 atom stereocenters. The van der Waals surface area contributed by atoms with E-state index in [9.17, 15) is 9.59 Å². The normalized spacial score (nSPS) is 10.1. The molecule has 0 spiro atoms. The van der Waals surface area contributed by atoms with Gasteiger partial charge in [0.05, 0.1) is 19.1 Å². The molecule has 0 aliphatic carbocycles. The highest BCUT2D eigenvalue weighted by molar-refractivity contribution is 6.09. The Labute approximate surface area is 102 Å². The summed E-state index contributed by atoms with van der Waals surface area (Å²) in [6.45, 7) is 5.66. The van der Waals surface area contributed by atoms with Crippen molar-refractivity contribution in [1.82, 2.24) is 0 Å². The van der Waals surface area contributed by atoms with Crippen LogP contribution in [0.4, 0.5) is 0 Å². The molecule has 0 heterocycles. The van der Waals surface area contributed by atoms with Crippen LogP contribution >= 0.6 is 0 Å². The first kappa shape index (κ1) is 13.4. The second-order valence-electron chi connectivity index (χ2n) is 4.13. The average Bonchev–Trinajstić information content (AvgIpc) is 2.31. The van der Waals surface area contributed by atoms with E-state index in [4.69, 9.17) is 4.74 Å². The first-order valence-electron chi connectivity index (χ1n) is 5.69. The molecule has 0 aliphatic heterocycles. The Balaban J connectivity index is 3.08. The molecule has 3 heteroatoms. The first-order valence-corrected chi connectivity index (χ1v) is 5.69. The second-order valence-corrected chi connectivity index (χ2v) is 4.13. The second kappa shape index (κ2) is 5.62. The van der Waals surface area contributed by atoms with Crippen LogP contribution in [-0.2, 0) is 4.79 Å². The van der Waals surface area contributed by atoms with Crippen molar-refractivity contribution in [2.24, 2.45) is 0 Å². The van der Waals surface area contributed by atoms with E-state index >= 15 is 0 Å². The van der Waals surface area contributed by atoms with Gasteiger partial charge >= 0.3 is 0 Å². The highest BCUT2D eigenvalue weighted by Gasteiger charge is 2.16. The molecule has 0 amide bonds. The van der Waals surface area contributed by atoms with Crippen molar-refractivity contribution in [1.29, 1.82) is 0 Å². The molecule has 17 heavy (non-hydrogen) atoms. The van der Waals surface area contributed by atoms with Gasteiger partial charge in [-0.25, -0.2) is 0 Å². The number of aryl methyl sites for hydroxylation is 2. The Kier molecular flexibility index (Phi) is 4.44. The number of benzene rings is 1. The topological polar surface area (TPSA) is 43.4 Å². The molecule has 0 saturated carbocycles. The largest absolute Gasteiger partial charge is 0.496 e. The number of Topliss-reactive ketones (excluding diaryl/α,β-unsaturated/α-hetero) is 2. The van der Waals surface area contributed by atoms with Crippen LogP contribution in [0, 0.1) is 13.8 Å². The Morgan fingerprint density at radius 3 is 2.29 bits per heavy atom. The van der Waals surface area contributed by atoms with Crippen LogP contribution < -0.4 is 4.74 Å². The van der Waals surface area contributed by atoms with Gasteiger partial charge in [0.2, 0.25) is 0 Å². The quantitative estimate of drug-likeness (QED) is 0.581. The van der Waals surface area contributed by atoms with Crippen LogP contribution in [0.3, 0.4) is 0 Å². The van der Waals surface area contributed by atoms with E-state index in [1.807, 2.05) is 19.9 Å². The number of methoxy groups -OCH3 is 1. The molecule has 92 valence electrons. The van der Waals surface area contributed by atoms with Crippen LogP contribution in [0.15, 0.2) is 12.1 Å². The van der Waals surface area contributed by atoms with E-state index < -0.39 is 0 Å². The number of carbonyl (C=O) groups is 2. The number of rotatable bonds is 5. The number of carbonyl (C=O) groups excluding carboxylic acids is 2. The Morgan fingerprint density at radius 1 is 1.18 bits per heavy atom. The lowest BCUT2D eigenvalue weighted by atomic mass is 9.99. The van der Waals surface area contributed by atoms with E-state index in [1.165, 1.54) is 7.11 Å². The summed E-state index contributed by atoms with van der Waals surface area (Å²) in [5.74, 6) is 0.328. The fourth-order valence-corrected chi connectivity index (χ4v) is 1.58. The minimum atomic E-state index is -0.170. The van der Waals surface area contributed by atoms with Crippen molar-refractivity contribution in [2.45, 2.75) is 33.6 Å². The summed E-state index contributed by atoms with van der Waals surface area (Å²) >= 11 is 0. The van der Waals surface area contributed by atoms with Crippen LogP contribution in [0.2, 0.25) is 0 Å². The van der Waals surface area contributed by atoms with Gasteiger partial charge in [0.15, 0.2) is 5.78 Å². The number of hydrogen-bond acceptors (Lipinski definition) is 3. The first-order chi connectivity index (χ1) is 7.99. The van der Waals surface area contributed by atoms with Gasteiger partial charge in [-0.05, 0) is 37.1 Å². The molecule has 1 aromatic carbocycles. The number of ketones is 2. The zero-order valence-corrected chi connectivity index (χ0v) is 10.8. The van der Waals surface area contributed by atoms with Crippen molar-refractivity contribution in [3.8, 4) is 5.75 Å².